The first-order valence-electron chi connectivity index (χ1n) is 11.1. The van der Waals surface area contributed by atoms with E-state index in [1.807, 2.05) is 0 Å². The quantitative estimate of drug-likeness (QED) is 0.354. The van der Waals surface area contributed by atoms with E-state index in [9.17, 15) is 0 Å². The van der Waals surface area contributed by atoms with Gasteiger partial charge in [0.2, 0.25) is 10.6 Å². The maximum atomic E-state index is 6.14. The van der Waals surface area contributed by atoms with Crippen LogP contribution in [0.3, 0.4) is 0 Å². The van der Waals surface area contributed by atoms with Crippen molar-refractivity contribution in [3.8, 4) is 0 Å². The minimum absolute atomic E-state index is 0.101. The van der Waals surface area contributed by atoms with E-state index in [1.165, 1.54) is 94.1 Å². The number of nitrogens with zero attached hydrogens (tertiary/aromatic N) is 3. The Morgan fingerprint density at radius 2 is 1.04 bits per heavy atom. The Hall–Kier alpha value is -0.620. The molecule has 0 amide bonds. The molecule has 1 heterocycles. The summed E-state index contributed by atoms with van der Waals surface area (Å²) in [6, 6.07) is 0. The molecule has 1 aliphatic heterocycles. The molecule has 0 atom stereocenters. The van der Waals surface area contributed by atoms with Gasteiger partial charge in [0.15, 0.2) is 5.82 Å². The molecule has 7 heteroatoms. The fourth-order valence-corrected chi connectivity index (χ4v) is 4.41. The van der Waals surface area contributed by atoms with Crippen molar-refractivity contribution in [2.24, 2.45) is 15.9 Å². The van der Waals surface area contributed by atoms with Crippen molar-refractivity contribution >= 4 is 33.8 Å². The summed E-state index contributed by atoms with van der Waals surface area (Å²) in [5, 5.41) is 1.51. The fourth-order valence-electron chi connectivity index (χ4n) is 4.01. The Bertz CT molecular complexity index is 529. The Morgan fingerprint density at radius 1 is 0.643 bits per heavy atom. The van der Waals surface area contributed by atoms with Gasteiger partial charge in [-0.15, -0.1) is 0 Å². The monoisotopic (exact) mass is 430 g/mol. The summed E-state index contributed by atoms with van der Waals surface area (Å²) >= 11 is 12.2. The van der Waals surface area contributed by atoms with Gasteiger partial charge in [-0.1, -0.05) is 83.5 Å². The normalized spacial score (nSPS) is 22.9. The Morgan fingerprint density at radius 3 is 1.43 bits per heavy atom. The van der Waals surface area contributed by atoms with Crippen LogP contribution < -0.4 is 5.90 Å². The van der Waals surface area contributed by atoms with Crippen LogP contribution in [0, 0.1) is 0 Å². The predicted molar refractivity (Wildman–Crippen MR) is 119 cm³/mol. The molecule has 1 saturated carbocycles. The maximum Gasteiger partial charge on any atom is 0.233 e. The number of amidine groups is 2. The van der Waals surface area contributed by atoms with Crippen LogP contribution in [0.15, 0.2) is 21.4 Å². The van der Waals surface area contributed by atoms with Gasteiger partial charge in [0, 0.05) is 0 Å². The third-order valence-corrected chi connectivity index (χ3v) is 6.03. The lowest BCUT2D eigenvalue weighted by Gasteiger charge is -2.24. The molecule has 0 aromatic rings. The van der Waals surface area contributed by atoms with Crippen LogP contribution in [0.2, 0.25) is 0 Å². The van der Waals surface area contributed by atoms with Crippen molar-refractivity contribution in [1.29, 1.82) is 0 Å². The Balaban J connectivity index is 2.00. The van der Waals surface area contributed by atoms with Gasteiger partial charge in [0.05, 0.1) is 0 Å². The summed E-state index contributed by atoms with van der Waals surface area (Å²) in [5.74, 6) is 6.03. The Labute approximate surface area is 180 Å². The van der Waals surface area contributed by atoms with Crippen molar-refractivity contribution in [3.63, 3.8) is 0 Å². The lowest BCUT2D eigenvalue weighted by atomic mass is 9.98. The van der Waals surface area contributed by atoms with Gasteiger partial charge in [-0.2, -0.15) is 25.9 Å². The van der Waals surface area contributed by atoms with Crippen LogP contribution in [0.5, 0.6) is 0 Å². The molecule has 1 fully saturated rings. The maximum absolute atomic E-state index is 6.14. The zero-order chi connectivity index (χ0) is 20.0. The van der Waals surface area contributed by atoms with Gasteiger partial charge in [0.25, 0.3) is 0 Å². The molecule has 0 spiro atoms. The molecule has 5 nitrogen and oxygen atoms in total. The van der Waals surface area contributed by atoms with Gasteiger partial charge in [0.1, 0.15) is 0 Å². The first-order valence-corrected chi connectivity index (χ1v) is 11.9. The van der Waals surface area contributed by atoms with Crippen LogP contribution in [-0.4, -0.2) is 15.7 Å². The molecule has 0 radical (unpaired) electrons. The molecular formula is C21H36Cl2N4O. The molecule has 2 N–H and O–H groups in total. The number of allylic oxidation sites excluding steroid dienone is 1. The summed E-state index contributed by atoms with van der Waals surface area (Å²) < 4.78 is 0. The van der Waals surface area contributed by atoms with E-state index in [-0.39, 0.29) is 10.6 Å². The number of hydrogen-bond donors (Lipinski definition) is 1. The number of hydrogen-bond acceptors (Lipinski definition) is 5. The van der Waals surface area contributed by atoms with Crippen LogP contribution in [-0.2, 0) is 4.94 Å². The number of nitrogens with two attached hydrogens (primary N) is 1. The number of halogens is 2. The van der Waals surface area contributed by atoms with E-state index in [2.05, 4.69) is 9.98 Å². The van der Waals surface area contributed by atoms with Crippen molar-refractivity contribution in [2.45, 2.75) is 109 Å². The van der Waals surface area contributed by atoms with Crippen molar-refractivity contribution in [2.75, 3.05) is 0 Å². The number of rotatable bonds is 1. The largest absolute Gasteiger partial charge is 0.233 e. The fraction of sp³-hybridized carbons (Fsp3) is 0.810. The predicted octanol–water partition coefficient (Wildman–Crippen LogP) is 7.15. The molecule has 2 aliphatic rings. The smallest absolute Gasteiger partial charge is 0.198 e. The van der Waals surface area contributed by atoms with Crippen molar-refractivity contribution < 1.29 is 4.94 Å². The molecule has 28 heavy (non-hydrogen) atoms. The average Bonchev–Trinajstić information content (AvgIpc) is 2.67. The molecule has 0 saturated heterocycles. The van der Waals surface area contributed by atoms with E-state index in [0.29, 0.717) is 5.82 Å². The minimum Gasteiger partial charge on any atom is -0.198 e. The minimum atomic E-state index is 0.101. The highest BCUT2D eigenvalue weighted by Gasteiger charge is 2.24. The molecule has 0 aromatic heterocycles. The zero-order valence-corrected chi connectivity index (χ0v) is 18.6. The zero-order valence-electron chi connectivity index (χ0n) is 17.1. The van der Waals surface area contributed by atoms with E-state index in [4.69, 9.17) is 34.0 Å². The van der Waals surface area contributed by atoms with Gasteiger partial charge in [-0.05, 0) is 54.5 Å². The van der Waals surface area contributed by atoms with Crippen molar-refractivity contribution in [1.82, 2.24) is 5.06 Å². The lowest BCUT2D eigenvalue weighted by Crippen LogP contribution is -2.33. The SMILES string of the molecule is NON1C(Cl)=NC(Cl)=NC1=C1CCCCCCCCCCCCCCCCC1. The second-order valence-corrected chi connectivity index (χ2v) is 8.57. The highest BCUT2D eigenvalue weighted by Crippen LogP contribution is 2.28. The van der Waals surface area contributed by atoms with Crippen LogP contribution in [0.25, 0.3) is 0 Å². The highest BCUT2D eigenvalue weighted by atomic mass is 35.5. The Kier molecular flexibility index (Phi) is 12.1. The molecule has 1 aliphatic carbocycles. The van der Waals surface area contributed by atoms with E-state index >= 15 is 0 Å². The standard InChI is InChI=1S/C21H36Cl2N4O/c22-20-25-19(27(28-24)21(23)26-20)18-16-14-12-10-8-6-4-2-1-3-5-7-9-11-13-15-17-18/h1-17,24H2. The summed E-state index contributed by atoms with van der Waals surface area (Å²) in [5.41, 5.74) is 1.21. The summed E-state index contributed by atoms with van der Waals surface area (Å²) in [6.07, 6.45) is 21.7. The highest BCUT2D eigenvalue weighted by molar-refractivity contribution is 6.71. The van der Waals surface area contributed by atoms with Crippen LogP contribution in [0.1, 0.15) is 109 Å². The third kappa shape index (κ3) is 8.81. The van der Waals surface area contributed by atoms with Gasteiger partial charge in [-0.3, -0.25) is 0 Å². The van der Waals surface area contributed by atoms with Crippen LogP contribution >= 0.6 is 23.2 Å². The molecule has 160 valence electrons. The van der Waals surface area contributed by atoms with E-state index in [0.717, 1.165) is 25.7 Å². The second kappa shape index (κ2) is 14.4. The molecule has 0 bridgehead atoms. The summed E-state index contributed by atoms with van der Waals surface area (Å²) in [4.78, 5) is 13.2. The number of hydroxylamine groups is 2. The molecule has 0 aromatic carbocycles. The van der Waals surface area contributed by atoms with E-state index < -0.39 is 0 Å². The molecule has 2 rings (SSSR count). The van der Waals surface area contributed by atoms with Gasteiger partial charge < -0.3 is 0 Å². The van der Waals surface area contributed by atoms with Crippen molar-refractivity contribution in [3.05, 3.63) is 11.4 Å². The lowest BCUT2D eigenvalue weighted by molar-refractivity contribution is -0.0752. The molecular weight excluding hydrogens is 395 g/mol. The summed E-state index contributed by atoms with van der Waals surface area (Å²) in [7, 11) is 0. The number of aliphatic imine (C=N–C) groups is 2. The van der Waals surface area contributed by atoms with Crippen LogP contribution in [0.4, 0.5) is 0 Å². The summed E-state index contributed by atoms with van der Waals surface area (Å²) in [6.45, 7) is 0. The third-order valence-electron chi connectivity index (χ3n) is 5.62. The van der Waals surface area contributed by atoms with E-state index in [1.54, 1.807) is 0 Å². The first-order chi connectivity index (χ1) is 13.7. The van der Waals surface area contributed by atoms with Gasteiger partial charge in [-0.25, -0.2) is 0 Å². The second-order valence-electron chi connectivity index (χ2n) is 7.89. The topological polar surface area (TPSA) is 63.2 Å². The average molecular weight is 431 g/mol. The van der Waals surface area contributed by atoms with Gasteiger partial charge >= 0.3 is 0 Å². The molecule has 0 unspecified atom stereocenters. The first kappa shape index (κ1) is 23.7.